The molecule has 0 spiro atoms. The first-order chi connectivity index (χ1) is 10.3. The Bertz CT molecular complexity index is 727. The van der Waals surface area contributed by atoms with Gasteiger partial charge in [0, 0.05) is 24.4 Å². The second-order valence-corrected chi connectivity index (χ2v) is 5.21. The van der Waals surface area contributed by atoms with Gasteiger partial charge in [0.2, 0.25) is 0 Å². The lowest BCUT2D eigenvalue weighted by Crippen LogP contribution is -2.22. The third-order valence-corrected chi connectivity index (χ3v) is 3.90. The van der Waals surface area contributed by atoms with Gasteiger partial charge in [-0.1, -0.05) is 48.5 Å². The molecule has 2 aromatic carbocycles. The van der Waals surface area contributed by atoms with Crippen LogP contribution in [0.15, 0.2) is 67.0 Å². The molecule has 3 aromatic rings. The van der Waals surface area contributed by atoms with E-state index in [0.717, 1.165) is 16.5 Å². The van der Waals surface area contributed by atoms with Crippen LogP contribution < -0.4 is 5.73 Å². The van der Waals surface area contributed by atoms with Crippen molar-refractivity contribution < 1.29 is 5.11 Å². The van der Waals surface area contributed by atoms with Gasteiger partial charge in [0.25, 0.3) is 0 Å². The summed E-state index contributed by atoms with van der Waals surface area (Å²) in [6.45, 7) is 0.00833. The average molecular weight is 278 g/mol. The molecule has 2 atom stereocenters. The fourth-order valence-electron chi connectivity index (χ4n) is 2.67. The minimum atomic E-state index is -0.273. The number of aliphatic hydroxyl groups excluding tert-OH is 1. The molecule has 106 valence electrons. The summed E-state index contributed by atoms with van der Waals surface area (Å²) in [5, 5.41) is 12.1. The normalized spacial score (nSPS) is 14.0. The zero-order chi connectivity index (χ0) is 14.7. The number of rotatable bonds is 4. The monoisotopic (exact) mass is 278 g/mol. The summed E-state index contributed by atoms with van der Waals surface area (Å²) in [6.07, 6.45) is 3.48. The molecule has 1 heterocycles. The number of fused-ring (bicyclic) bond motifs is 1. The van der Waals surface area contributed by atoms with Crippen LogP contribution in [0.1, 0.15) is 23.1 Å². The van der Waals surface area contributed by atoms with Crippen molar-refractivity contribution in [1.82, 2.24) is 4.98 Å². The van der Waals surface area contributed by atoms with E-state index in [9.17, 15) is 5.11 Å². The first-order valence-corrected chi connectivity index (χ1v) is 7.04. The summed E-state index contributed by atoms with van der Waals surface area (Å²) < 4.78 is 0. The van der Waals surface area contributed by atoms with Gasteiger partial charge in [-0.3, -0.25) is 4.98 Å². The number of benzene rings is 2. The van der Waals surface area contributed by atoms with E-state index in [-0.39, 0.29) is 18.6 Å². The largest absolute Gasteiger partial charge is 0.396 e. The van der Waals surface area contributed by atoms with Crippen LogP contribution in [-0.2, 0) is 0 Å². The zero-order valence-corrected chi connectivity index (χ0v) is 11.7. The van der Waals surface area contributed by atoms with Crippen molar-refractivity contribution in [2.45, 2.75) is 12.0 Å². The van der Waals surface area contributed by atoms with E-state index in [4.69, 9.17) is 5.73 Å². The lowest BCUT2D eigenvalue weighted by molar-refractivity contribution is 0.248. The number of pyridine rings is 1. The summed E-state index contributed by atoms with van der Waals surface area (Å²) in [4.78, 5) is 4.10. The van der Waals surface area contributed by atoms with Gasteiger partial charge in [-0.2, -0.15) is 0 Å². The van der Waals surface area contributed by atoms with Crippen molar-refractivity contribution in [2.75, 3.05) is 6.61 Å². The van der Waals surface area contributed by atoms with Gasteiger partial charge in [-0.15, -0.1) is 0 Å². The van der Waals surface area contributed by atoms with Crippen LogP contribution >= 0.6 is 0 Å². The molecule has 21 heavy (non-hydrogen) atoms. The SMILES string of the molecule is NC(c1cccnc1)C(CO)c1ccc2ccccc2c1. The highest BCUT2D eigenvalue weighted by Crippen LogP contribution is 2.30. The molecule has 0 saturated heterocycles. The minimum Gasteiger partial charge on any atom is -0.396 e. The smallest absolute Gasteiger partial charge is 0.0518 e. The Morgan fingerprint density at radius 3 is 2.48 bits per heavy atom. The highest BCUT2D eigenvalue weighted by Gasteiger charge is 2.21. The number of nitrogens with two attached hydrogens (primary N) is 1. The van der Waals surface area contributed by atoms with Gasteiger partial charge in [0.1, 0.15) is 0 Å². The van der Waals surface area contributed by atoms with Gasteiger partial charge in [0.15, 0.2) is 0 Å². The average Bonchev–Trinajstić information content (AvgIpc) is 2.56. The first-order valence-electron chi connectivity index (χ1n) is 7.04. The summed E-state index contributed by atoms with van der Waals surface area (Å²) >= 11 is 0. The van der Waals surface area contributed by atoms with E-state index >= 15 is 0 Å². The Morgan fingerprint density at radius 1 is 0.952 bits per heavy atom. The van der Waals surface area contributed by atoms with Crippen LogP contribution in [0.2, 0.25) is 0 Å². The van der Waals surface area contributed by atoms with E-state index in [2.05, 4.69) is 29.2 Å². The van der Waals surface area contributed by atoms with E-state index in [0.29, 0.717) is 0 Å². The van der Waals surface area contributed by atoms with Gasteiger partial charge in [0.05, 0.1) is 6.61 Å². The number of hydrogen-bond donors (Lipinski definition) is 2. The second-order valence-electron chi connectivity index (χ2n) is 5.21. The van der Waals surface area contributed by atoms with E-state index in [1.54, 1.807) is 12.4 Å². The standard InChI is InChI=1S/C18H18N2O/c19-18(16-6-3-9-20-11-16)17(12-21)15-8-7-13-4-1-2-5-14(13)10-15/h1-11,17-18,21H,12,19H2. The molecular formula is C18H18N2O. The molecular weight excluding hydrogens is 260 g/mol. The van der Waals surface area contributed by atoms with Crippen LogP contribution in [0.5, 0.6) is 0 Å². The van der Waals surface area contributed by atoms with Crippen LogP contribution in [0.4, 0.5) is 0 Å². The topological polar surface area (TPSA) is 59.1 Å². The Morgan fingerprint density at radius 2 is 1.76 bits per heavy atom. The van der Waals surface area contributed by atoms with Crippen LogP contribution in [-0.4, -0.2) is 16.7 Å². The fourth-order valence-corrected chi connectivity index (χ4v) is 2.67. The number of nitrogens with zero attached hydrogens (tertiary/aromatic N) is 1. The van der Waals surface area contributed by atoms with Gasteiger partial charge < -0.3 is 10.8 Å². The molecule has 0 saturated carbocycles. The molecule has 0 aliphatic rings. The van der Waals surface area contributed by atoms with Crippen LogP contribution in [0.3, 0.4) is 0 Å². The molecule has 3 N–H and O–H groups in total. The van der Waals surface area contributed by atoms with Gasteiger partial charge in [-0.05, 0) is 28.0 Å². The lowest BCUT2D eigenvalue weighted by atomic mass is 9.88. The maximum Gasteiger partial charge on any atom is 0.0518 e. The molecule has 3 heteroatoms. The summed E-state index contributed by atoms with van der Waals surface area (Å²) in [5.74, 6) is -0.140. The summed E-state index contributed by atoms with van der Waals surface area (Å²) in [7, 11) is 0. The van der Waals surface area contributed by atoms with Crippen molar-refractivity contribution in [3.8, 4) is 0 Å². The van der Waals surface area contributed by atoms with Gasteiger partial charge in [-0.25, -0.2) is 0 Å². The molecule has 0 aliphatic carbocycles. The van der Waals surface area contributed by atoms with Crippen molar-refractivity contribution in [3.63, 3.8) is 0 Å². The maximum atomic E-state index is 9.78. The number of hydrogen-bond acceptors (Lipinski definition) is 3. The van der Waals surface area contributed by atoms with Crippen molar-refractivity contribution >= 4 is 10.8 Å². The number of aliphatic hydroxyl groups is 1. The lowest BCUT2D eigenvalue weighted by Gasteiger charge is -2.23. The highest BCUT2D eigenvalue weighted by atomic mass is 16.3. The molecule has 3 rings (SSSR count). The van der Waals surface area contributed by atoms with Crippen LogP contribution in [0.25, 0.3) is 10.8 Å². The quantitative estimate of drug-likeness (QED) is 0.771. The van der Waals surface area contributed by atoms with E-state index in [1.807, 2.05) is 30.3 Å². The Balaban J connectivity index is 1.98. The predicted octanol–water partition coefficient (Wildman–Crippen LogP) is 3.01. The molecule has 0 aliphatic heterocycles. The molecule has 0 amide bonds. The molecule has 0 radical (unpaired) electrons. The molecule has 1 aromatic heterocycles. The molecule has 0 fully saturated rings. The third kappa shape index (κ3) is 2.79. The third-order valence-electron chi connectivity index (χ3n) is 3.90. The fraction of sp³-hybridized carbons (Fsp3) is 0.167. The zero-order valence-electron chi connectivity index (χ0n) is 11.7. The molecule has 2 unspecified atom stereocenters. The Labute approximate surface area is 124 Å². The second kappa shape index (κ2) is 6.04. The molecule has 0 bridgehead atoms. The summed E-state index contributed by atoms with van der Waals surface area (Å²) in [6, 6.07) is 17.9. The number of aromatic nitrogens is 1. The highest BCUT2D eigenvalue weighted by molar-refractivity contribution is 5.83. The predicted molar refractivity (Wildman–Crippen MR) is 84.9 cm³/mol. The van der Waals surface area contributed by atoms with Crippen molar-refractivity contribution in [1.29, 1.82) is 0 Å². The maximum absolute atomic E-state index is 9.78. The van der Waals surface area contributed by atoms with Crippen LogP contribution in [0, 0.1) is 0 Å². The molecule has 3 nitrogen and oxygen atoms in total. The van der Waals surface area contributed by atoms with E-state index < -0.39 is 0 Å². The van der Waals surface area contributed by atoms with Crippen molar-refractivity contribution in [3.05, 3.63) is 78.1 Å². The minimum absolute atomic E-state index is 0.00833. The first kappa shape index (κ1) is 13.7. The Hall–Kier alpha value is -2.23. The summed E-state index contributed by atoms with van der Waals surface area (Å²) in [5.41, 5.74) is 8.31. The Kier molecular flexibility index (Phi) is 3.95. The van der Waals surface area contributed by atoms with E-state index in [1.165, 1.54) is 5.39 Å². The van der Waals surface area contributed by atoms with Crippen molar-refractivity contribution in [2.24, 2.45) is 5.73 Å². The van der Waals surface area contributed by atoms with Gasteiger partial charge >= 0.3 is 0 Å².